The number of rotatable bonds is 1. The molecule has 0 amide bonds. The first-order valence-corrected chi connectivity index (χ1v) is 8.44. The third kappa shape index (κ3) is 1.39. The summed E-state index contributed by atoms with van der Waals surface area (Å²) in [6.07, 6.45) is 4.56. The molecule has 3 aliphatic rings. The van der Waals surface area contributed by atoms with Gasteiger partial charge in [-0.1, -0.05) is 54.1 Å². The van der Waals surface area contributed by atoms with Crippen LogP contribution in [0, 0.1) is 6.92 Å². The van der Waals surface area contributed by atoms with Gasteiger partial charge in [-0.05, 0) is 37.0 Å². The summed E-state index contributed by atoms with van der Waals surface area (Å²) < 4.78 is 6.56. The van der Waals surface area contributed by atoms with E-state index in [1.54, 1.807) is 0 Å². The van der Waals surface area contributed by atoms with Gasteiger partial charge in [0.25, 0.3) is 0 Å². The molecule has 1 fully saturated rings. The van der Waals surface area contributed by atoms with Crippen LogP contribution in [0.25, 0.3) is 5.57 Å². The summed E-state index contributed by atoms with van der Waals surface area (Å²) in [4.78, 5) is 2.48. The summed E-state index contributed by atoms with van der Waals surface area (Å²) in [5, 5.41) is 0. The van der Waals surface area contributed by atoms with Crippen LogP contribution in [-0.4, -0.2) is 19.2 Å². The summed E-state index contributed by atoms with van der Waals surface area (Å²) in [7, 11) is 2.24. The first-order chi connectivity index (χ1) is 11.2. The number of ether oxygens (including phenoxy) is 1. The quantitative estimate of drug-likeness (QED) is 0.779. The monoisotopic (exact) mass is 303 g/mol. The van der Waals surface area contributed by atoms with Crippen LogP contribution in [-0.2, 0) is 10.3 Å². The number of likely N-dealkylation sites (N-methyl/N-ethyl adjacent to an activating group) is 1. The van der Waals surface area contributed by atoms with Crippen molar-refractivity contribution in [3.8, 4) is 0 Å². The number of hydrogen-bond acceptors (Lipinski definition) is 2. The number of nitrogens with zero attached hydrogens (tertiary/aromatic N) is 1. The fourth-order valence-corrected chi connectivity index (χ4v) is 5.04. The van der Waals surface area contributed by atoms with Crippen LogP contribution in [0.3, 0.4) is 0 Å². The van der Waals surface area contributed by atoms with Crippen molar-refractivity contribution in [2.24, 2.45) is 0 Å². The molecule has 0 aromatic heterocycles. The highest BCUT2D eigenvalue weighted by Gasteiger charge is 2.68. The third-order valence-corrected chi connectivity index (χ3v) is 6.16. The van der Waals surface area contributed by atoms with E-state index < -0.39 is 0 Å². The lowest BCUT2D eigenvalue weighted by Crippen LogP contribution is -2.51. The molecule has 2 heterocycles. The highest BCUT2D eigenvalue weighted by molar-refractivity contribution is 5.87. The van der Waals surface area contributed by atoms with Gasteiger partial charge in [0.05, 0.1) is 12.1 Å². The molecule has 1 saturated heterocycles. The molecule has 23 heavy (non-hydrogen) atoms. The Kier molecular flexibility index (Phi) is 2.48. The van der Waals surface area contributed by atoms with Crippen LogP contribution in [0.2, 0.25) is 0 Å². The molecule has 0 radical (unpaired) electrons. The van der Waals surface area contributed by atoms with E-state index in [0.29, 0.717) is 0 Å². The zero-order valence-electron chi connectivity index (χ0n) is 13.7. The van der Waals surface area contributed by atoms with E-state index >= 15 is 0 Å². The number of hydrogen-bond donors (Lipinski definition) is 0. The smallest absolute Gasteiger partial charge is 0.144 e. The van der Waals surface area contributed by atoms with Crippen molar-refractivity contribution >= 4 is 11.3 Å². The Bertz CT molecular complexity index is 822. The Morgan fingerprint density at radius 3 is 2.65 bits per heavy atom. The molecule has 0 saturated carbocycles. The number of para-hydroxylation sites is 1. The molecule has 1 aliphatic carbocycles. The number of aryl methyl sites for hydroxylation is 1. The van der Waals surface area contributed by atoms with Crippen molar-refractivity contribution in [1.29, 1.82) is 0 Å². The maximum absolute atomic E-state index is 6.56. The summed E-state index contributed by atoms with van der Waals surface area (Å²) in [5.41, 5.74) is 6.36. The Morgan fingerprint density at radius 2 is 1.83 bits per heavy atom. The number of benzene rings is 2. The Morgan fingerprint density at radius 1 is 1.04 bits per heavy atom. The summed E-state index contributed by atoms with van der Waals surface area (Å²) in [6.45, 7) is 2.97. The van der Waals surface area contributed by atoms with Gasteiger partial charge in [-0.25, -0.2) is 0 Å². The molecule has 2 aliphatic heterocycles. The van der Waals surface area contributed by atoms with E-state index in [-0.39, 0.29) is 11.1 Å². The molecule has 0 bridgehead atoms. The lowest BCUT2D eigenvalue weighted by atomic mass is 9.75. The predicted molar refractivity (Wildman–Crippen MR) is 93.6 cm³/mol. The van der Waals surface area contributed by atoms with Crippen LogP contribution in [0.15, 0.2) is 54.6 Å². The van der Waals surface area contributed by atoms with Gasteiger partial charge in [0.15, 0.2) is 0 Å². The fraction of sp³-hybridized carbons (Fsp3) is 0.333. The molecular weight excluding hydrogens is 282 g/mol. The summed E-state index contributed by atoms with van der Waals surface area (Å²) in [5.74, 6) is 0. The molecule has 2 heteroatoms. The SMILES string of the molecule is Cc1ccc(C2=CC[C@]34CCO[C@]23c2ccccc2N4C)cc1. The molecule has 2 aromatic rings. The molecule has 2 nitrogen and oxygen atoms in total. The van der Waals surface area contributed by atoms with Crippen LogP contribution in [0.5, 0.6) is 0 Å². The summed E-state index contributed by atoms with van der Waals surface area (Å²) in [6, 6.07) is 17.7. The number of anilines is 1. The fourth-order valence-electron chi connectivity index (χ4n) is 5.04. The second-order valence-corrected chi connectivity index (χ2v) is 7.08. The average molecular weight is 303 g/mol. The van der Waals surface area contributed by atoms with Gasteiger partial charge in [-0.3, -0.25) is 0 Å². The Balaban J connectivity index is 1.77. The highest BCUT2D eigenvalue weighted by atomic mass is 16.5. The molecule has 5 rings (SSSR count). The van der Waals surface area contributed by atoms with Crippen molar-refractivity contribution in [2.45, 2.75) is 30.9 Å². The predicted octanol–water partition coefficient (Wildman–Crippen LogP) is 4.29. The van der Waals surface area contributed by atoms with E-state index in [9.17, 15) is 0 Å². The number of fused-ring (bicyclic) bond motifs is 1. The molecule has 0 unspecified atom stereocenters. The molecule has 116 valence electrons. The van der Waals surface area contributed by atoms with Gasteiger partial charge in [0, 0.05) is 18.3 Å². The van der Waals surface area contributed by atoms with Crippen LogP contribution < -0.4 is 4.90 Å². The first-order valence-electron chi connectivity index (χ1n) is 8.44. The molecular formula is C21H21NO. The van der Waals surface area contributed by atoms with Gasteiger partial charge in [0.1, 0.15) is 5.60 Å². The van der Waals surface area contributed by atoms with Gasteiger partial charge >= 0.3 is 0 Å². The second kappa shape index (κ2) is 4.27. The minimum atomic E-state index is -0.298. The minimum Gasteiger partial charge on any atom is -0.365 e. The maximum Gasteiger partial charge on any atom is 0.144 e. The van der Waals surface area contributed by atoms with Crippen molar-refractivity contribution in [1.82, 2.24) is 0 Å². The standard InChI is InChI=1S/C21H21NO/c1-15-7-9-16(10-8-15)17-11-12-20-13-14-23-21(17,20)18-5-3-4-6-19(18)22(20)2/h3-11H,12-14H2,1-2H3/t20-,21-/m0/s1. The first kappa shape index (κ1) is 13.4. The second-order valence-electron chi connectivity index (χ2n) is 7.08. The van der Waals surface area contributed by atoms with E-state index in [1.165, 1.54) is 28.0 Å². The van der Waals surface area contributed by atoms with Gasteiger partial charge in [-0.15, -0.1) is 0 Å². The zero-order valence-corrected chi connectivity index (χ0v) is 13.7. The highest BCUT2D eigenvalue weighted by Crippen LogP contribution is 2.66. The largest absolute Gasteiger partial charge is 0.365 e. The lowest BCUT2D eigenvalue weighted by Gasteiger charge is -2.40. The van der Waals surface area contributed by atoms with Gasteiger partial charge in [0.2, 0.25) is 0 Å². The minimum absolute atomic E-state index is 0.0525. The Hall–Kier alpha value is -2.06. The molecule has 0 spiro atoms. The van der Waals surface area contributed by atoms with E-state index in [1.807, 2.05) is 0 Å². The molecule has 2 aromatic carbocycles. The Labute approximate surface area is 137 Å². The topological polar surface area (TPSA) is 12.5 Å². The average Bonchev–Trinajstić information content (AvgIpc) is 3.16. The van der Waals surface area contributed by atoms with Gasteiger partial charge < -0.3 is 9.64 Å². The van der Waals surface area contributed by atoms with E-state index in [4.69, 9.17) is 4.74 Å². The zero-order chi connectivity index (χ0) is 15.7. The summed E-state index contributed by atoms with van der Waals surface area (Å²) >= 11 is 0. The van der Waals surface area contributed by atoms with Gasteiger partial charge in [-0.2, -0.15) is 0 Å². The van der Waals surface area contributed by atoms with Crippen LogP contribution in [0.4, 0.5) is 5.69 Å². The lowest BCUT2D eigenvalue weighted by molar-refractivity contribution is 0.0311. The van der Waals surface area contributed by atoms with Crippen LogP contribution in [0.1, 0.15) is 29.5 Å². The van der Waals surface area contributed by atoms with Crippen molar-refractivity contribution in [3.05, 3.63) is 71.3 Å². The van der Waals surface area contributed by atoms with Crippen LogP contribution >= 0.6 is 0 Å². The van der Waals surface area contributed by atoms with E-state index in [2.05, 4.69) is 73.5 Å². The van der Waals surface area contributed by atoms with Crippen molar-refractivity contribution < 1.29 is 4.74 Å². The third-order valence-electron chi connectivity index (χ3n) is 6.16. The van der Waals surface area contributed by atoms with E-state index in [0.717, 1.165) is 19.4 Å². The molecule has 2 atom stereocenters. The maximum atomic E-state index is 6.56. The van der Waals surface area contributed by atoms with Crippen molar-refractivity contribution in [2.75, 3.05) is 18.6 Å². The molecule has 0 N–H and O–H groups in total. The normalized spacial score (nSPS) is 30.9. The van der Waals surface area contributed by atoms with Crippen molar-refractivity contribution in [3.63, 3.8) is 0 Å².